The van der Waals surface area contributed by atoms with E-state index in [4.69, 9.17) is 0 Å². The molecule has 4 amide bonds. The van der Waals surface area contributed by atoms with Gasteiger partial charge in [0.25, 0.3) is 17.7 Å². The number of anilines is 4. The van der Waals surface area contributed by atoms with Crippen molar-refractivity contribution in [2.24, 2.45) is 5.92 Å². The van der Waals surface area contributed by atoms with Gasteiger partial charge in [-0.2, -0.15) is 0 Å². The second-order valence-corrected chi connectivity index (χ2v) is 27.0. The maximum Gasteiger partial charge on any atom is 0.255 e. The van der Waals surface area contributed by atoms with E-state index in [-0.39, 0.29) is 29.5 Å². The number of carbonyl (C=O) groups excluding carboxylic acids is 4. The minimum Gasteiger partial charge on any atom is -0.326 e. The second kappa shape index (κ2) is 43.2. The molecule has 10 rings (SSSR count). The fourth-order valence-electron chi connectivity index (χ4n) is 9.30. The maximum absolute atomic E-state index is 12.2. The highest BCUT2D eigenvalue weighted by Gasteiger charge is 2.13. The monoisotopic (exact) mass is 1330 g/mol. The summed E-state index contributed by atoms with van der Waals surface area (Å²) in [6, 6.07) is 68.9. The minimum atomic E-state index is -0.0686. The first kappa shape index (κ1) is 81.3. The molecule has 0 aliphatic carbocycles. The van der Waals surface area contributed by atoms with Crippen LogP contribution in [0.4, 0.5) is 22.7 Å². The topological polar surface area (TPSA) is 155 Å². The van der Waals surface area contributed by atoms with Crippen molar-refractivity contribution in [2.75, 3.05) is 21.3 Å². The Bertz CT molecular complexity index is 3890. The SMILES string of the molecule is CC(C)C(=O)Nc1cccc(C(C)C)c1.CC(C)c1ccccn1.CC(C)c1cccnc1.CC(C)c1ccncc1.Cc1ccc(C(=O)Nc2cccc(C(C)C)c2)cc1.Cc1cccc(C(=O)Nc2cccc(C(C)C)c2)c1.Cc1ccccc1C(=O)Nc1cccc(C(C)C)c1. The Morgan fingerprint density at radius 2 is 0.727 bits per heavy atom. The van der Waals surface area contributed by atoms with E-state index in [1.807, 2.05) is 241 Å². The Kier molecular flexibility index (Phi) is 35.5. The maximum atomic E-state index is 12.2. The van der Waals surface area contributed by atoms with E-state index >= 15 is 0 Å². The van der Waals surface area contributed by atoms with Gasteiger partial charge in [0.1, 0.15) is 0 Å². The molecular weight excluding hydrogens is 1220 g/mol. The highest BCUT2D eigenvalue weighted by molar-refractivity contribution is 6.06. The normalized spacial score (nSPS) is 10.5. The Labute approximate surface area is 593 Å². The molecule has 0 saturated heterocycles. The number of hydrogen-bond acceptors (Lipinski definition) is 7. The van der Waals surface area contributed by atoms with Crippen molar-refractivity contribution >= 4 is 46.4 Å². The molecule has 0 saturated carbocycles. The summed E-state index contributed by atoms with van der Waals surface area (Å²) in [6.07, 6.45) is 9.19. The van der Waals surface area contributed by atoms with Gasteiger partial charge in [-0.3, -0.25) is 34.1 Å². The third-order valence-electron chi connectivity index (χ3n) is 15.8. The number of hydrogen-bond donors (Lipinski definition) is 4. The molecule has 0 bridgehead atoms. The standard InChI is InChI=1S/3C17H19NO.C13H19NO.3C8H11N/c1-12(2)14-7-5-9-16(11-14)18-17(19)15-8-4-6-13(3)10-15;1-12(2)14-8-6-9-15(11-14)18-17(19)16-10-5-4-7-13(16)3;1-12(2)15-5-4-6-16(11-15)18-17(19)14-9-7-13(3)8-10-14;1-9(2)11-6-5-7-12(8-11)14-13(15)10(3)4;1-7(2)8-3-5-9-6-4-8;1-7(2)8-4-3-5-9-6-8;1-7(2)8-5-3-4-6-9-8/h3*4-12H,1-3H3,(H,18,19);5-10H,1-4H3,(H,14,15);3*3-7H,1-2H3. The Hall–Kier alpha value is -10.1. The summed E-state index contributed by atoms with van der Waals surface area (Å²) in [5, 5.41) is 11.7. The molecule has 0 aliphatic rings. The summed E-state index contributed by atoms with van der Waals surface area (Å²) in [4.78, 5) is 60.0. The lowest BCUT2D eigenvalue weighted by molar-refractivity contribution is -0.118. The summed E-state index contributed by atoms with van der Waals surface area (Å²) in [6.45, 7) is 39.8. The number of aryl methyl sites for hydroxylation is 3. The van der Waals surface area contributed by atoms with Gasteiger partial charge in [0, 0.05) is 82.0 Å². The number of rotatable bonds is 15. The lowest BCUT2D eigenvalue weighted by atomic mass is 10.0. The van der Waals surface area contributed by atoms with E-state index in [1.54, 1.807) is 6.20 Å². The second-order valence-electron chi connectivity index (χ2n) is 27.0. The van der Waals surface area contributed by atoms with Gasteiger partial charge in [0.05, 0.1) is 0 Å². The first-order valence-electron chi connectivity index (χ1n) is 34.7. The fraction of sp³-hybridized carbons (Fsp3) is 0.307. The molecule has 0 unspecified atom stereocenters. The number of pyridine rings is 3. The van der Waals surface area contributed by atoms with Gasteiger partial charge in [0.15, 0.2) is 0 Å². The summed E-state index contributed by atoms with van der Waals surface area (Å²) in [7, 11) is 0. The fourth-order valence-corrected chi connectivity index (χ4v) is 9.30. The van der Waals surface area contributed by atoms with Crippen LogP contribution in [0.15, 0.2) is 243 Å². The molecule has 520 valence electrons. The number of aromatic nitrogens is 3. The third-order valence-corrected chi connectivity index (χ3v) is 15.8. The van der Waals surface area contributed by atoms with E-state index in [9.17, 15) is 19.2 Å². The van der Waals surface area contributed by atoms with Crippen LogP contribution in [0.25, 0.3) is 0 Å². The van der Waals surface area contributed by atoms with Crippen molar-refractivity contribution in [3.05, 3.63) is 316 Å². The number of carbonyl (C=O) groups is 4. The zero-order valence-corrected chi connectivity index (χ0v) is 62.2. The smallest absolute Gasteiger partial charge is 0.255 e. The van der Waals surface area contributed by atoms with Crippen LogP contribution in [0.2, 0.25) is 0 Å². The van der Waals surface area contributed by atoms with Crippen LogP contribution in [0.5, 0.6) is 0 Å². The van der Waals surface area contributed by atoms with Crippen molar-refractivity contribution in [1.29, 1.82) is 0 Å². The van der Waals surface area contributed by atoms with Gasteiger partial charge >= 0.3 is 0 Å². The first-order chi connectivity index (χ1) is 47.1. The molecular formula is C88H109N7O4. The van der Waals surface area contributed by atoms with Crippen LogP contribution in [0.3, 0.4) is 0 Å². The predicted octanol–water partition coefficient (Wildman–Crippen LogP) is 23.1. The molecule has 4 N–H and O–H groups in total. The molecule has 10 aromatic rings. The Morgan fingerprint density at radius 1 is 0.303 bits per heavy atom. The van der Waals surface area contributed by atoms with E-state index in [0.29, 0.717) is 52.6 Å². The molecule has 7 aromatic carbocycles. The van der Waals surface area contributed by atoms with Crippen molar-refractivity contribution < 1.29 is 19.2 Å². The lowest BCUT2D eigenvalue weighted by Crippen LogP contribution is -2.17. The number of nitrogens with zero attached hydrogens (tertiary/aromatic N) is 3. The van der Waals surface area contributed by atoms with E-state index in [0.717, 1.165) is 50.7 Å². The average Bonchev–Trinajstić information content (AvgIpc) is 0.978. The molecule has 11 nitrogen and oxygen atoms in total. The highest BCUT2D eigenvalue weighted by atomic mass is 16.2. The molecule has 0 radical (unpaired) electrons. The van der Waals surface area contributed by atoms with Gasteiger partial charge in [-0.05, 0) is 210 Å². The number of amides is 4. The summed E-state index contributed by atoms with van der Waals surface area (Å²) < 4.78 is 0. The quantitative estimate of drug-likeness (QED) is 0.0796. The molecule has 3 aromatic heterocycles. The zero-order valence-electron chi connectivity index (χ0n) is 62.2. The van der Waals surface area contributed by atoms with Gasteiger partial charge in [-0.1, -0.05) is 225 Å². The zero-order chi connectivity index (χ0) is 73.0. The van der Waals surface area contributed by atoms with Crippen molar-refractivity contribution in [1.82, 2.24) is 15.0 Å². The number of nitrogens with one attached hydrogen (secondary N) is 4. The van der Waals surface area contributed by atoms with Crippen molar-refractivity contribution in [2.45, 2.75) is 173 Å². The largest absolute Gasteiger partial charge is 0.326 e. The Morgan fingerprint density at radius 3 is 1.10 bits per heavy atom. The lowest BCUT2D eigenvalue weighted by Gasteiger charge is -2.10. The van der Waals surface area contributed by atoms with Gasteiger partial charge in [-0.25, -0.2) is 0 Å². The van der Waals surface area contributed by atoms with Crippen LogP contribution in [-0.4, -0.2) is 38.6 Å². The molecule has 11 heteroatoms. The Balaban J connectivity index is 0.000000251. The molecule has 0 fully saturated rings. The summed E-state index contributed by atoms with van der Waals surface area (Å²) in [5.41, 5.74) is 17.5. The number of benzene rings is 7. The van der Waals surface area contributed by atoms with Crippen LogP contribution < -0.4 is 21.3 Å². The molecule has 99 heavy (non-hydrogen) atoms. The van der Waals surface area contributed by atoms with Gasteiger partial charge in [-0.15, -0.1) is 0 Å². The summed E-state index contributed by atoms with van der Waals surface area (Å²) >= 11 is 0. The molecule has 0 aliphatic heterocycles. The highest BCUT2D eigenvalue weighted by Crippen LogP contribution is 2.24. The summed E-state index contributed by atoms with van der Waals surface area (Å²) in [5.74, 6) is 3.51. The van der Waals surface area contributed by atoms with Crippen LogP contribution in [0.1, 0.15) is 239 Å². The van der Waals surface area contributed by atoms with E-state index in [1.165, 1.54) is 33.4 Å². The van der Waals surface area contributed by atoms with E-state index in [2.05, 4.69) is 163 Å². The van der Waals surface area contributed by atoms with E-state index < -0.39 is 0 Å². The average molecular weight is 1330 g/mol. The van der Waals surface area contributed by atoms with Gasteiger partial charge in [0.2, 0.25) is 5.91 Å². The van der Waals surface area contributed by atoms with Crippen molar-refractivity contribution in [3.8, 4) is 0 Å². The van der Waals surface area contributed by atoms with Crippen LogP contribution in [0, 0.1) is 26.7 Å². The molecule has 0 spiro atoms. The van der Waals surface area contributed by atoms with Gasteiger partial charge < -0.3 is 21.3 Å². The predicted molar refractivity (Wildman–Crippen MR) is 418 cm³/mol. The third kappa shape index (κ3) is 30.9. The molecule has 0 atom stereocenters. The van der Waals surface area contributed by atoms with Crippen LogP contribution >= 0.6 is 0 Å². The minimum absolute atomic E-state index is 0.0210. The van der Waals surface area contributed by atoms with Crippen LogP contribution in [-0.2, 0) is 4.79 Å². The molecule has 3 heterocycles. The van der Waals surface area contributed by atoms with Crippen molar-refractivity contribution in [3.63, 3.8) is 0 Å². The first-order valence-corrected chi connectivity index (χ1v) is 34.7.